The topological polar surface area (TPSA) is 78.0 Å². The first kappa shape index (κ1) is 26.7. The Morgan fingerprint density at radius 3 is 2.41 bits per heavy atom. The van der Waals surface area contributed by atoms with Crippen LogP contribution in [0.15, 0.2) is 29.3 Å². The van der Waals surface area contributed by atoms with Gasteiger partial charge in [-0.3, -0.25) is 14.7 Å². The quantitative estimate of drug-likeness (QED) is 0.246. The monoisotopic (exact) mass is 557 g/mol. The zero-order chi connectivity index (χ0) is 21.9. The number of nitrogens with zero attached hydrogens (tertiary/aromatic N) is 2. The lowest BCUT2D eigenvalue weighted by Gasteiger charge is -2.35. The molecule has 3 N–H and O–H groups in total. The van der Waals surface area contributed by atoms with Gasteiger partial charge < -0.3 is 20.7 Å². The molecule has 0 spiro atoms. The molecule has 0 aromatic heterocycles. The van der Waals surface area contributed by atoms with E-state index in [4.69, 9.17) is 4.74 Å². The Morgan fingerprint density at radius 1 is 1.09 bits per heavy atom. The number of ether oxygens (including phenoxy) is 1. The average molecular weight is 558 g/mol. The van der Waals surface area contributed by atoms with Crippen molar-refractivity contribution in [2.75, 3.05) is 40.3 Å². The molecule has 180 valence electrons. The van der Waals surface area contributed by atoms with E-state index in [2.05, 4.69) is 38.0 Å². The van der Waals surface area contributed by atoms with E-state index < -0.39 is 0 Å². The van der Waals surface area contributed by atoms with Crippen LogP contribution in [0.2, 0.25) is 0 Å². The number of nitrogens with one attached hydrogen (secondary N) is 3. The first-order valence-corrected chi connectivity index (χ1v) is 11.8. The van der Waals surface area contributed by atoms with Gasteiger partial charge in [0.15, 0.2) is 5.96 Å². The van der Waals surface area contributed by atoms with Crippen LogP contribution in [-0.4, -0.2) is 63.1 Å². The second-order valence-electron chi connectivity index (χ2n) is 8.56. The van der Waals surface area contributed by atoms with Crippen molar-refractivity contribution in [3.05, 3.63) is 29.8 Å². The van der Waals surface area contributed by atoms with E-state index in [1.165, 1.54) is 37.7 Å². The number of amides is 1. The Bertz CT molecular complexity index is 701. The second-order valence-corrected chi connectivity index (χ2v) is 8.56. The number of carbonyl (C=O) groups is 1. The van der Waals surface area contributed by atoms with Crippen LogP contribution in [0.3, 0.4) is 0 Å². The Morgan fingerprint density at radius 2 is 1.78 bits per heavy atom. The van der Waals surface area contributed by atoms with Crippen LogP contribution in [0.25, 0.3) is 0 Å². The summed E-state index contributed by atoms with van der Waals surface area (Å²) >= 11 is 0. The summed E-state index contributed by atoms with van der Waals surface area (Å²) in [6, 6.07) is 9.02. The Balaban J connectivity index is 0.00000363. The highest BCUT2D eigenvalue weighted by molar-refractivity contribution is 14.0. The Hall–Kier alpha value is -1.55. The third kappa shape index (κ3) is 8.42. The first-order valence-electron chi connectivity index (χ1n) is 11.8. The summed E-state index contributed by atoms with van der Waals surface area (Å²) in [6.45, 7) is 3.58. The van der Waals surface area contributed by atoms with Gasteiger partial charge in [-0.05, 0) is 56.5 Å². The number of halogens is 1. The SMILES string of the molecule is CN=C(NCCC(=O)NC1CCCC1)NCC(c1ccc(OC)cc1)N1CCCCC1.I. The maximum absolute atomic E-state index is 12.2. The number of hydrogen-bond donors (Lipinski definition) is 3. The van der Waals surface area contributed by atoms with Crippen molar-refractivity contribution in [1.82, 2.24) is 20.9 Å². The highest BCUT2D eigenvalue weighted by Crippen LogP contribution is 2.25. The maximum atomic E-state index is 12.2. The summed E-state index contributed by atoms with van der Waals surface area (Å²) in [5.74, 6) is 1.74. The van der Waals surface area contributed by atoms with Gasteiger partial charge in [-0.2, -0.15) is 0 Å². The minimum Gasteiger partial charge on any atom is -0.497 e. The molecule has 1 saturated carbocycles. The van der Waals surface area contributed by atoms with Crippen LogP contribution in [-0.2, 0) is 4.79 Å². The summed E-state index contributed by atoms with van der Waals surface area (Å²) in [5, 5.41) is 9.91. The van der Waals surface area contributed by atoms with Crippen LogP contribution >= 0.6 is 24.0 Å². The molecule has 1 amide bonds. The molecule has 32 heavy (non-hydrogen) atoms. The van der Waals surface area contributed by atoms with Gasteiger partial charge in [0, 0.05) is 32.6 Å². The predicted molar refractivity (Wildman–Crippen MR) is 141 cm³/mol. The van der Waals surface area contributed by atoms with Gasteiger partial charge in [0.2, 0.25) is 5.91 Å². The molecule has 1 aromatic rings. The van der Waals surface area contributed by atoms with Crippen LogP contribution < -0.4 is 20.7 Å². The van der Waals surface area contributed by atoms with Gasteiger partial charge in [0.1, 0.15) is 5.75 Å². The van der Waals surface area contributed by atoms with Gasteiger partial charge in [-0.25, -0.2) is 0 Å². The van der Waals surface area contributed by atoms with E-state index in [1.807, 2.05) is 12.1 Å². The van der Waals surface area contributed by atoms with Crippen molar-refractivity contribution in [2.45, 2.75) is 63.5 Å². The maximum Gasteiger partial charge on any atom is 0.221 e. The van der Waals surface area contributed by atoms with Gasteiger partial charge >= 0.3 is 0 Å². The lowest BCUT2D eigenvalue weighted by molar-refractivity contribution is -0.121. The van der Waals surface area contributed by atoms with Gasteiger partial charge in [-0.15, -0.1) is 24.0 Å². The smallest absolute Gasteiger partial charge is 0.221 e. The fourth-order valence-electron chi connectivity index (χ4n) is 4.59. The molecule has 2 fully saturated rings. The second kappa shape index (κ2) is 14.6. The molecule has 1 atom stereocenters. The highest BCUT2D eigenvalue weighted by atomic mass is 127. The van der Waals surface area contributed by atoms with Crippen molar-refractivity contribution in [3.8, 4) is 5.75 Å². The van der Waals surface area contributed by atoms with E-state index in [0.29, 0.717) is 19.0 Å². The number of guanidine groups is 1. The Labute approximate surface area is 210 Å². The van der Waals surface area contributed by atoms with Crippen LogP contribution in [0.5, 0.6) is 5.75 Å². The minimum absolute atomic E-state index is 0. The number of aliphatic imine (C=N–C) groups is 1. The lowest BCUT2D eigenvalue weighted by atomic mass is 10.0. The number of methoxy groups -OCH3 is 1. The van der Waals surface area contributed by atoms with Crippen LogP contribution in [0.1, 0.15) is 63.0 Å². The molecule has 7 nitrogen and oxygen atoms in total. The van der Waals surface area contributed by atoms with Crippen molar-refractivity contribution < 1.29 is 9.53 Å². The Kier molecular flexibility index (Phi) is 12.2. The third-order valence-electron chi connectivity index (χ3n) is 6.38. The average Bonchev–Trinajstić information content (AvgIpc) is 3.32. The standard InChI is InChI=1S/C24H39N5O2.HI/c1-25-24(26-15-14-23(30)28-20-8-4-5-9-20)27-18-22(29-16-6-3-7-17-29)19-10-12-21(31-2)13-11-19;/h10-13,20,22H,3-9,14-18H2,1-2H3,(H,28,30)(H2,25,26,27);1H. The molecular weight excluding hydrogens is 517 g/mol. The zero-order valence-corrected chi connectivity index (χ0v) is 21.9. The van der Waals surface area contributed by atoms with Gasteiger partial charge in [0.25, 0.3) is 0 Å². The summed E-state index contributed by atoms with van der Waals surface area (Å²) in [4.78, 5) is 19.1. The van der Waals surface area contributed by atoms with E-state index in [1.54, 1.807) is 14.2 Å². The molecule has 0 radical (unpaired) electrons. The first-order chi connectivity index (χ1) is 15.2. The minimum atomic E-state index is 0. The number of likely N-dealkylation sites (tertiary alicyclic amines) is 1. The van der Waals surface area contributed by atoms with Crippen LogP contribution in [0, 0.1) is 0 Å². The molecule has 1 unspecified atom stereocenters. The van der Waals surface area contributed by atoms with E-state index in [9.17, 15) is 4.79 Å². The lowest BCUT2D eigenvalue weighted by Crippen LogP contribution is -2.45. The predicted octanol–water partition coefficient (Wildman–Crippen LogP) is 3.45. The van der Waals surface area contributed by atoms with E-state index >= 15 is 0 Å². The van der Waals surface area contributed by atoms with Crippen molar-refractivity contribution in [1.29, 1.82) is 0 Å². The number of rotatable bonds is 9. The molecule has 3 rings (SSSR count). The summed E-state index contributed by atoms with van der Waals surface area (Å²) in [6.07, 6.45) is 8.96. The normalized spacial score (nSPS) is 18.5. The van der Waals surface area contributed by atoms with Gasteiger partial charge in [0.05, 0.1) is 13.2 Å². The molecule has 1 aliphatic carbocycles. The van der Waals surface area contributed by atoms with Crippen molar-refractivity contribution in [3.63, 3.8) is 0 Å². The summed E-state index contributed by atoms with van der Waals surface area (Å²) in [7, 11) is 3.47. The largest absolute Gasteiger partial charge is 0.497 e. The molecule has 1 saturated heterocycles. The highest BCUT2D eigenvalue weighted by Gasteiger charge is 2.23. The molecule has 0 bridgehead atoms. The molecule has 8 heteroatoms. The van der Waals surface area contributed by atoms with E-state index in [-0.39, 0.29) is 35.9 Å². The molecule has 1 heterocycles. The van der Waals surface area contributed by atoms with Crippen molar-refractivity contribution >= 4 is 35.8 Å². The van der Waals surface area contributed by atoms with Crippen LogP contribution in [0.4, 0.5) is 0 Å². The number of benzene rings is 1. The van der Waals surface area contributed by atoms with Gasteiger partial charge in [-0.1, -0.05) is 31.4 Å². The third-order valence-corrected chi connectivity index (χ3v) is 6.38. The zero-order valence-electron chi connectivity index (χ0n) is 19.6. The fraction of sp³-hybridized carbons (Fsp3) is 0.667. The number of carbonyl (C=O) groups excluding carboxylic acids is 1. The summed E-state index contributed by atoms with van der Waals surface area (Å²) in [5.41, 5.74) is 1.28. The number of piperidine rings is 1. The molecule has 1 aliphatic heterocycles. The molecule has 2 aliphatic rings. The molecule has 1 aromatic carbocycles. The molecular formula is C24H40IN5O2. The number of hydrogen-bond acceptors (Lipinski definition) is 4. The fourth-order valence-corrected chi connectivity index (χ4v) is 4.59. The van der Waals surface area contributed by atoms with Crippen molar-refractivity contribution in [2.24, 2.45) is 4.99 Å². The summed E-state index contributed by atoms with van der Waals surface area (Å²) < 4.78 is 5.32. The van der Waals surface area contributed by atoms with E-state index in [0.717, 1.165) is 44.2 Å².